The average Bonchev–Trinajstić information content (AvgIpc) is 3.11. The molecule has 2 rings (SSSR count). The summed E-state index contributed by atoms with van der Waals surface area (Å²) in [5.74, 6) is 0.630. The van der Waals surface area contributed by atoms with Crippen LogP contribution in [0.15, 0.2) is 12.5 Å². The van der Waals surface area contributed by atoms with Crippen molar-refractivity contribution in [2.45, 2.75) is 25.8 Å². The van der Waals surface area contributed by atoms with Crippen molar-refractivity contribution in [2.24, 2.45) is 0 Å². The third-order valence-corrected chi connectivity index (χ3v) is 3.27. The fraction of sp³-hybridized carbons (Fsp3) is 0.545. The normalized spacial score (nSPS) is 14.5. The Hall–Kier alpha value is -0.920. The molecule has 1 aliphatic carbocycles. The summed E-state index contributed by atoms with van der Waals surface area (Å²) in [6.07, 6.45) is 5.49. The molecule has 0 atom stereocenters. The highest BCUT2D eigenvalue weighted by atomic mass is 127. The first-order valence-corrected chi connectivity index (χ1v) is 6.68. The molecule has 1 saturated carbocycles. The fourth-order valence-corrected chi connectivity index (χ4v) is 2.24. The van der Waals surface area contributed by atoms with Gasteiger partial charge in [-0.05, 0) is 42.4 Å². The zero-order valence-electron chi connectivity index (χ0n) is 9.60. The summed E-state index contributed by atoms with van der Waals surface area (Å²) in [5, 5.41) is 0. The van der Waals surface area contributed by atoms with E-state index in [1.807, 2.05) is 11.8 Å². The molecule has 0 spiro atoms. The zero-order chi connectivity index (χ0) is 12.3. The Morgan fingerprint density at radius 2 is 2.41 bits per heavy atom. The van der Waals surface area contributed by atoms with Gasteiger partial charge >= 0.3 is 5.97 Å². The lowest BCUT2D eigenvalue weighted by molar-refractivity contribution is -0.141. The van der Waals surface area contributed by atoms with E-state index in [0.29, 0.717) is 12.6 Å². The molecule has 1 aromatic heterocycles. The van der Waals surface area contributed by atoms with Gasteiger partial charge in [-0.3, -0.25) is 4.79 Å². The van der Waals surface area contributed by atoms with Crippen LogP contribution in [0.5, 0.6) is 0 Å². The average molecular weight is 347 g/mol. The topological polar surface area (TPSA) is 55.3 Å². The molecular formula is C11H14IN3O2. The quantitative estimate of drug-likeness (QED) is 0.598. The highest BCUT2D eigenvalue weighted by Gasteiger charge is 2.32. The minimum Gasteiger partial charge on any atom is -0.465 e. The molecule has 0 radical (unpaired) electrons. The highest BCUT2D eigenvalue weighted by Crippen LogP contribution is 2.32. The Labute approximate surface area is 114 Å². The van der Waals surface area contributed by atoms with Crippen LogP contribution in [0.25, 0.3) is 0 Å². The summed E-state index contributed by atoms with van der Waals surface area (Å²) in [6.45, 7) is 2.50. The zero-order valence-corrected chi connectivity index (χ0v) is 11.8. The first-order valence-electron chi connectivity index (χ1n) is 5.60. The predicted octanol–water partition coefficient (Wildman–Crippen LogP) is 1.61. The number of anilines is 1. The number of carbonyl (C=O) groups is 1. The highest BCUT2D eigenvalue weighted by molar-refractivity contribution is 14.1. The number of rotatable bonds is 5. The molecule has 6 heteroatoms. The maximum Gasteiger partial charge on any atom is 0.325 e. The lowest BCUT2D eigenvalue weighted by atomic mass is 10.4. The first-order chi connectivity index (χ1) is 8.22. The standard InChI is InChI=1S/C11H14IN3O2/c1-2-17-10(16)6-15(8-3-4-8)11-9(12)5-13-7-14-11/h5,7-8H,2-4,6H2,1H3. The van der Waals surface area contributed by atoms with Crippen LogP contribution >= 0.6 is 22.6 Å². The van der Waals surface area contributed by atoms with E-state index in [-0.39, 0.29) is 12.5 Å². The van der Waals surface area contributed by atoms with Gasteiger partial charge in [0.1, 0.15) is 18.7 Å². The van der Waals surface area contributed by atoms with Crippen LogP contribution in [-0.4, -0.2) is 35.1 Å². The van der Waals surface area contributed by atoms with Crippen LogP contribution in [0.2, 0.25) is 0 Å². The Balaban J connectivity index is 2.12. The first kappa shape index (κ1) is 12.5. The fourth-order valence-electron chi connectivity index (χ4n) is 1.63. The number of hydrogen-bond donors (Lipinski definition) is 0. The van der Waals surface area contributed by atoms with Crippen molar-refractivity contribution in [1.82, 2.24) is 9.97 Å². The minimum absolute atomic E-state index is 0.200. The second-order valence-corrected chi connectivity index (χ2v) is 5.02. The summed E-state index contributed by atoms with van der Waals surface area (Å²) in [4.78, 5) is 21.8. The van der Waals surface area contributed by atoms with Crippen molar-refractivity contribution in [3.8, 4) is 0 Å². The van der Waals surface area contributed by atoms with Crippen LogP contribution < -0.4 is 4.90 Å². The van der Waals surface area contributed by atoms with Crippen molar-refractivity contribution in [1.29, 1.82) is 0 Å². The van der Waals surface area contributed by atoms with E-state index in [0.717, 1.165) is 22.2 Å². The smallest absolute Gasteiger partial charge is 0.325 e. The van der Waals surface area contributed by atoms with Gasteiger partial charge in [0.25, 0.3) is 0 Å². The number of halogens is 1. The van der Waals surface area contributed by atoms with Crippen LogP contribution in [0.1, 0.15) is 19.8 Å². The molecule has 1 heterocycles. The number of esters is 1. The minimum atomic E-state index is -0.200. The number of carbonyl (C=O) groups excluding carboxylic acids is 1. The van der Waals surface area contributed by atoms with E-state index >= 15 is 0 Å². The van der Waals surface area contributed by atoms with E-state index < -0.39 is 0 Å². The lowest BCUT2D eigenvalue weighted by Crippen LogP contribution is -2.34. The van der Waals surface area contributed by atoms with Gasteiger partial charge in [0.2, 0.25) is 0 Å². The van der Waals surface area contributed by atoms with Crippen molar-refractivity contribution in [3.63, 3.8) is 0 Å². The monoisotopic (exact) mass is 347 g/mol. The molecule has 92 valence electrons. The van der Waals surface area contributed by atoms with Gasteiger partial charge in [-0.2, -0.15) is 0 Å². The van der Waals surface area contributed by atoms with E-state index in [1.165, 1.54) is 6.33 Å². The molecule has 0 aliphatic heterocycles. The number of hydrogen-bond acceptors (Lipinski definition) is 5. The third kappa shape index (κ3) is 3.27. The lowest BCUT2D eigenvalue weighted by Gasteiger charge is -2.22. The Morgan fingerprint density at radius 3 is 3.00 bits per heavy atom. The van der Waals surface area contributed by atoms with E-state index in [4.69, 9.17) is 4.74 Å². The number of nitrogens with zero attached hydrogens (tertiary/aromatic N) is 3. The number of ether oxygens (including phenoxy) is 1. The molecule has 17 heavy (non-hydrogen) atoms. The van der Waals surface area contributed by atoms with Gasteiger partial charge in [-0.1, -0.05) is 0 Å². The Morgan fingerprint density at radius 1 is 1.65 bits per heavy atom. The van der Waals surface area contributed by atoms with Crippen molar-refractivity contribution < 1.29 is 9.53 Å². The summed E-state index contributed by atoms with van der Waals surface area (Å²) in [5.41, 5.74) is 0. The van der Waals surface area contributed by atoms with E-state index in [9.17, 15) is 4.79 Å². The molecule has 5 nitrogen and oxygen atoms in total. The summed E-state index contributed by atoms with van der Waals surface area (Å²) in [6, 6.07) is 0.419. The van der Waals surface area contributed by atoms with E-state index in [1.54, 1.807) is 6.20 Å². The van der Waals surface area contributed by atoms with Crippen molar-refractivity contribution in [2.75, 3.05) is 18.1 Å². The van der Waals surface area contributed by atoms with Crippen LogP contribution in [0.4, 0.5) is 5.82 Å². The Bertz CT molecular complexity index is 409. The predicted molar refractivity (Wildman–Crippen MR) is 71.8 cm³/mol. The SMILES string of the molecule is CCOC(=O)CN(c1ncncc1I)C1CC1. The molecule has 0 unspecified atom stereocenters. The van der Waals surface area contributed by atoms with E-state index in [2.05, 4.69) is 32.6 Å². The van der Waals surface area contributed by atoms with Crippen LogP contribution in [0.3, 0.4) is 0 Å². The van der Waals surface area contributed by atoms with Crippen LogP contribution in [-0.2, 0) is 9.53 Å². The molecule has 0 N–H and O–H groups in total. The molecule has 0 aromatic carbocycles. The van der Waals surface area contributed by atoms with Gasteiger partial charge in [-0.25, -0.2) is 9.97 Å². The number of aromatic nitrogens is 2. The molecule has 1 fully saturated rings. The Kier molecular flexibility index (Phi) is 4.14. The summed E-state index contributed by atoms with van der Waals surface area (Å²) in [7, 11) is 0. The molecule has 1 aromatic rings. The second-order valence-electron chi connectivity index (χ2n) is 3.86. The molecule has 1 aliphatic rings. The van der Waals surface area contributed by atoms with Gasteiger partial charge in [0, 0.05) is 12.2 Å². The third-order valence-electron chi connectivity index (χ3n) is 2.51. The van der Waals surface area contributed by atoms with Crippen molar-refractivity contribution in [3.05, 3.63) is 16.1 Å². The van der Waals surface area contributed by atoms with Gasteiger partial charge < -0.3 is 9.64 Å². The largest absolute Gasteiger partial charge is 0.465 e. The second kappa shape index (κ2) is 5.61. The molecule has 0 saturated heterocycles. The van der Waals surface area contributed by atoms with Gasteiger partial charge in [0.05, 0.1) is 10.2 Å². The molecule has 0 bridgehead atoms. The maximum atomic E-state index is 11.6. The summed E-state index contributed by atoms with van der Waals surface area (Å²) < 4.78 is 5.94. The van der Waals surface area contributed by atoms with Gasteiger partial charge in [-0.15, -0.1) is 0 Å². The molecule has 0 amide bonds. The maximum absolute atomic E-state index is 11.6. The van der Waals surface area contributed by atoms with Crippen LogP contribution in [0, 0.1) is 3.57 Å². The molecular weight excluding hydrogens is 333 g/mol. The van der Waals surface area contributed by atoms with Gasteiger partial charge in [0.15, 0.2) is 0 Å². The van der Waals surface area contributed by atoms with Crippen molar-refractivity contribution >= 4 is 34.4 Å². The summed E-state index contributed by atoms with van der Waals surface area (Å²) >= 11 is 2.19.